The highest BCUT2D eigenvalue weighted by Gasteiger charge is 2.58. The first-order valence-electron chi connectivity index (χ1n) is 10.2. The molecule has 0 aliphatic carbocycles. The molecule has 0 N–H and O–H groups in total. The van der Waals surface area contributed by atoms with E-state index in [4.69, 9.17) is 9.47 Å². The fraction of sp³-hybridized carbons (Fsp3) is 0.762. The Balaban J connectivity index is 4.39. The van der Waals surface area contributed by atoms with Gasteiger partial charge >= 0.3 is 30.0 Å². The van der Waals surface area contributed by atoms with Gasteiger partial charge in [-0.05, 0) is 25.2 Å². The lowest BCUT2D eigenvalue weighted by Crippen LogP contribution is -2.41. The van der Waals surface area contributed by atoms with Gasteiger partial charge in [0.25, 0.3) is 0 Å². The molecule has 0 saturated carbocycles. The first kappa shape index (κ1) is 29.8. The quantitative estimate of drug-likeness (QED) is 0.121. The standard InChI is InChI=1S/C21H31F5O6/c1-6-14(3)15(12-19(4,5)7-2)18(29)31-11-10-30-16(27)8-9-17(28)32-13-20(22,23)21(24,25)26/h6-13H2,1-5H3/b15-14+. The summed E-state index contributed by atoms with van der Waals surface area (Å²) in [5, 5.41) is 0. The van der Waals surface area contributed by atoms with Crippen LogP contribution < -0.4 is 0 Å². The van der Waals surface area contributed by atoms with Gasteiger partial charge in [0, 0.05) is 5.57 Å². The summed E-state index contributed by atoms with van der Waals surface area (Å²) in [6.07, 6.45) is -5.12. The maximum atomic E-state index is 12.7. The van der Waals surface area contributed by atoms with Crippen LogP contribution in [0.5, 0.6) is 0 Å². The molecule has 0 spiro atoms. The van der Waals surface area contributed by atoms with Gasteiger partial charge in [-0.15, -0.1) is 0 Å². The number of alkyl halides is 5. The van der Waals surface area contributed by atoms with Gasteiger partial charge in [0.05, 0.1) is 12.8 Å². The molecule has 0 bridgehead atoms. The molecule has 0 unspecified atom stereocenters. The molecular weight excluding hydrogens is 443 g/mol. The summed E-state index contributed by atoms with van der Waals surface area (Å²) in [5.41, 5.74) is 1.35. The maximum absolute atomic E-state index is 12.7. The molecule has 6 nitrogen and oxygen atoms in total. The summed E-state index contributed by atoms with van der Waals surface area (Å²) in [4.78, 5) is 35.2. The predicted molar refractivity (Wildman–Crippen MR) is 105 cm³/mol. The van der Waals surface area contributed by atoms with Gasteiger partial charge in [0.15, 0.2) is 6.61 Å². The van der Waals surface area contributed by atoms with Crippen LogP contribution >= 0.6 is 0 Å². The fourth-order valence-electron chi connectivity index (χ4n) is 2.19. The highest BCUT2D eigenvalue weighted by atomic mass is 19.4. The summed E-state index contributed by atoms with van der Waals surface area (Å²) in [7, 11) is 0. The molecule has 0 fully saturated rings. The largest absolute Gasteiger partial charge is 0.462 e. The first-order chi connectivity index (χ1) is 14.6. The van der Waals surface area contributed by atoms with E-state index in [1.54, 1.807) is 0 Å². The highest BCUT2D eigenvalue weighted by molar-refractivity contribution is 5.89. The topological polar surface area (TPSA) is 78.9 Å². The normalized spacial score (nSPS) is 13.3. The van der Waals surface area contributed by atoms with Crippen LogP contribution in [0.15, 0.2) is 11.1 Å². The Morgan fingerprint density at radius 3 is 1.78 bits per heavy atom. The summed E-state index contributed by atoms with van der Waals surface area (Å²) in [5.74, 6) is -8.02. The molecule has 0 aromatic rings. The molecule has 0 aromatic carbocycles. The first-order valence-corrected chi connectivity index (χ1v) is 10.2. The van der Waals surface area contributed by atoms with Crippen LogP contribution in [0, 0.1) is 5.41 Å². The third-order valence-corrected chi connectivity index (χ3v) is 4.85. The summed E-state index contributed by atoms with van der Waals surface area (Å²) >= 11 is 0. The lowest BCUT2D eigenvalue weighted by Gasteiger charge is -2.24. The number of halogens is 5. The van der Waals surface area contributed by atoms with E-state index in [0.717, 1.165) is 12.0 Å². The van der Waals surface area contributed by atoms with Gasteiger partial charge < -0.3 is 14.2 Å². The number of ether oxygens (including phenoxy) is 3. The molecule has 0 heterocycles. The Morgan fingerprint density at radius 2 is 1.31 bits per heavy atom. The Labute approximate surface area is 184 Å². The molecule has 0 rings (SSSR count). The van der Waals surface area contributed by atoms with Crippen LogP contribution in [0.2, 0.25) is 0 Å². The number of carbonyl (C=O) groups excluding carboxylic acids is 3. The SMILES string of the molecule is CC/C(C)=C(\CC(C)(C)CC)C(=O)OCCOC(=O)CCC(=O)OCC(F)(F)C(F)(F)F. The van der Waals surface area contributed by atoms with Gasteiger partial charge in [-0.1, -0.05) is 39.7 Å². The average Bonchev–Trinajstić information content (AvgIpc) is 2.70. The second kappa shape index (κ2) is 12.7. The van der Waals surface area contributed by atoms with Crippen molar-refractivity contribution in [3.05, 3.63) is 11.1 Å². The van der Waals surface area contributed by atoms with Crippen molar-refractivity contribution < 1.29 is 50.5 Å². The van der Waals surface area contributed by atoms with Crippen molar-refractivity contribution in [2.45, 2.75) is 78.8 Å². The molecule has 0 aliphatic rings. The van der Waals surface area contributed by atoms with E-state index in [1.807, 2.05) is 34.6 Å². The van der Waals surface area contributed by atoms with Gasteiger partial charge in [-0.3, -0.25) is 9.59 Å². The molecular formula is C21H31F5O6. The van der Waals surface area contributed by atoms with Crippen molar-refractivity contribution in [2.24, 2.45) is 5.41 Å². The molecule has 0 radical (unpaired) electrons. The van der Waals surface area contributed by atoms with Gasteiger partial charge in [0.1, 0.15) is 13.2 Å². The fourth-order valence-corrected chi connectivity index (χ4v) is 2.19. The zero-order valence-electron chi connectivity index (χ0n) is 19.0. The minimum absolute atomic E-state index is 0.101. The third kappa shape index (κ3) is 10.9. The van der Waals surface area contributed by atoms with Crippen LogP contribution in [0.25, 0.3) is 0 Å². The zero-order chi connectivity index (χ0) is 25.2. The molecule has 0 saturated heterocycles. The Morgan fingerprint density at radius 1 is 0.812 bits per heavy atom. The van der Waals surface area contributed by atoms with Gasteiger partial charge in [-0.2, -0.15) is 22.0 Å². The number of allylic oxidation sites excluding steroid dienone is 1. The minimum atomic E-state index is -5.85. The van der Waals surface area contributed by atoms with E-state index >= 15 is 0 Å². The lowest BCUT2D eigenvalue weighted by atomic mass is 9.81. The second-order valence-corrected chi connectivity index (χ2v) is 8.03. The second-order valence-electron chi connectivity index (χ2n) is 8.03. The van der Waals surface area contributed by atoms with Gasteiger partial charge in [-0.25, -0.2) is 4.79 Å². The van der Waals surface area contributed by atoms with E-state index in [1.165, 1.54) is 0 Å². The lowest BCUT2D eigenvalue weighted by molar-refractivity contribution is -0.294. The van der Waals surface area contributed by atoms with Crippen molar-refractivity contribution in [1.82, 2.24) is 0 Å². The number of rotatable bonds is 13. The summed E-state index contributed by atoms with van der Waals surface area (Å²) < 4.78 is 75.1. The Kier molecular flexibility index (Phi) is 11.9. The van der Waals surface area contributed by atoms with Crippen LogP contribution in [-0.2, 0) is 28.6 Å². The highest BCUT2D eigenvalue weighted by Crippen LogP contribution is 2.35. The number of esters is 3. The predicted octanol–water partition coefficient (Wildman–Crippen LogP) is 5.15. The van der Waals surface area contributed by atoms with Crippen molar-refractivity contribution in [3.8, 4) is 0 Å². The maximum Gasteiger partial charge on any atom is 0.456 e. The van der Waals surface area contributed by atoms with Gasteiger partial charge in [0.2, 0.25) is 0 Å². The molecule has 0 atom stereocenters. The Bertz CT molecular complexity index is 683. The average molecular weight is 474 g/mol. The van der Waals surface area contributed by atoms with Crippen molar-refractivity contribution in [2.75, 3.05) is 19.8 Å². The monoisotopic (exact) mass is 474 g/mol. The molecule has 11 heteroatoms. The number of hydrogen-bond acceptors (Lipinski definition) is 6. The van der Waals surface area contributed by atoms with Crippen LogP contribution in [0.1, 0.15) is 66.7 Å². The number of carbonyl (C=O) groups is 3. The van der Waals surface area contributed by atoms with Crippen LogP contribution in [-0.4, -0.2) is 49.8 Å². The van der Waals surface area contributed by atoms with Crippen molar-refractivity contribution in [1.29, 1.82) is 0 Å². The summed E-state index contributed by atoms with van der Waals surface area (Å²) in [6, 6.07) is 0. The van der Waals surface area contributed by atoms with E-state index in [0.29, 0.717) is 18.4 Å². The number of hydrogen-bond donors (Lipinski definition) is 0. The zero-order valence-corrected chi connectivity index (χ0v) is 19.0. The molecule has 0 aliphatic heterocycles. The summed E-state index contributed by atoms with van der Waals surface area (Å²) in [6.45, 7) is 7.12. The van der Waals surface area contributed by atoms with E-state index in [-0.39, 0.29) is 18.6 Å². The Hall–Kier alpha value is -2.20. The molecule has 0 aromatic heterocycles. The van der Waals surface area contributed by atoms with Crippen molar-refractivity contribution >= 4 is 17.9 Å². The van der Waals surface area contributed by atoms with E-state index in [9.17, 15) is 36.3 Å². The van der Waals surface area contributed by atoms with Crippen LogP contribution in [0.3, 0.4) is 0 Å². The molecule has 0 amide bonds. The van der Waals surface area contributed by atoms with E-state index in [2.05, 4.69) is 4.74 Å². The minimum Gasteiger partial charge on any atom is -0.462 e. The molecule has 32 heavy (non-hydrogen) atoms. The molecule has 186 valence electrons. The van der Waals surface area contributed by atoms with Crippen molar-refractivity contribution in [3.63, 3.8) is 0 Å². The third-order valence-electron chi connectivity index (χ3n) is 4.85. The van der Waals surface area contributed by atoms with Crippen LogP contribution in [0.4, 0.5) is 22.0 Å². The smallest absolute Gasteiger partial charge is 0.456 e. The van der Waals surface area contributed by atoms with E-state index < -0.39 is 49.5 Å².